The summed E-state index contributed by atoms with van der Waals surface area (Å²) in [5, 5.41) is 16.8. The molecule has 0 radical (unpaired) electrons. The van der Waals surface area contributed by atoms with E-state index in [1.54, 1.807) is 6.07 Å². The predicted octanol–water partition coefficient (Wildman–Crippen LogP) is 6.20. The molecule has 0 spiro atoms. The number of aromatic nitrogens is 1. The fraction of sp³-hybridized carbons (Fsp3) is 0.364. The highest BCUT2D eigenvalue weighted by molar-refractivity contribution is 7.99. The first kappa shape index (κ1) is 22.3. The fourth-order valence-corrected chi connectivity index (χ4v) is 5.56. The maximum absolute atomic E-state index is 10.7. The molecule has 1 fully saturated rings. The summed E-state index contributed by atoms with van der Waals surface area (Å²) < 4.78 is 0. The van der Waals surface area contributed by atoms with E-state index in [0.29, 0.717) is 21.0 Å². The largest absolute Gasteiger partial charge is 0.373 e. The maximum atomic E-state index is 10.7. The van der Waals surface area contributed by atoms with Gasteiger partial charge in [-0.2, -0.15) is 0 Å². The number of benzene rings is 2. The van der Waals surface area contributed by atoms with Crippen LogP contribution in [-0.4, -0.2) is 41.7 Å². The Bertz CT molecular complexity index is 1030. The van der Waals surface area contributed by atoms with Crippen LogP contribution >= 0.6 is 46.6 Å². The fourth-order valence-electron chi connectivity index (χ4n) is 3.76. The van der Waals surface area contributed by atoms with Crippen molar-refractivity contribution < 1.29 is 5.11 Å². The summed E-state index contributed by atoms with van der Waals surface area (Å²) in [5.41, 5.74) is 1.61. The van der Waals surface area contributed by atoms with Crippen LogP contribution in [0.1, 0.15) is 24.8 Å². The molecule has 1 saturated heterocycles. The number of hydrogen-bond acceptors (Lipinski definition) is 4. The molecule has 160 valence electrons. The molecule has 1 aliphatic heterocycles. The number of nitrogens with zero attached hydrogens (tertiary/aromatic N) is 1. The Morgan fingerprint density at radius 3 is 2.60 bits per heavy atom. The van der Waals surface area contributed by atoms with Gasteiger partial charge in [0.05, 0.1) is 10.7 Å². The van der Waals surface area contributed by atoms with Crippen molar-refractivity contribution >= 4 is 57.5 Å². The van der Waals surface area contributed by atoms with Gasteiger partial charge in [0.2, 0.25) is 0 Å². The Kier molecular flexibility index (Phi) is 7.20. The van der Waals surface area contributed by atoms with E-state index in [2.05, 4.69) is 22.2 Å². The lowest BCUT2D eigenvalue weighted by Gasteiger charge is -2.29. The van der Waals surface area contributed by atoms with E-state index in [-0.39, 0.29) is 0 Å². The highest BCUT2D eigenvalue weighted by Crippen LogP contribution is 2.40. The van der Waals surface area contributed by atoms with Crippen LogP contribution in [0.5, 0.6) is 0 Å². The van der Waals surface area contributed by atoms with Crippen molar-refractivity contribution in [1.82, 2.24) is 15.2 Å². The SMILES string of the molecule is CN1CCC(CNC(O)c2cc3c(Sc4ccc(Cl)cc4Cl)cc(Cl)cc3[nH]2)CC1. The van der Waals surface area contributed by atoms with Crippen LogP contribution in [-0.2, 0) is 0 Å². The van der Waals surface area contributed by atoms with Gasteiger partial charge in [0.15, 0.2) is 0 Å². The zero-order valence-corrected chi connectivity index (χ0v) is 19.7. The van der Waals surface area contributed by atoms with Crippen LogP contribution in [0.3, 0.4) is 0 Å². The van der Waals surface area contributed by atoms with Crippen molar-refractivity contribution in [3.05, 3.63) is 57.2 Å². The van der Waals surface area contributed by atoms with Gasteiger partial charge in [0.25, 0.3) is 0 Å². The summed E-state index contributed by atoms with van der Waals surface area (Å²) in [6, 6.07) is 11.2. The van der Waals surface area contributed by atoms with E-state index in [0.717, 1.165) is 58.9 Å². The molecule has 4 rings (SSSR count). The lowest BCUT2D eigenvalue weighted by atomic mass is 9.97. The van der Waals surface area contributed by atoms with Gasteiger partial charge in [0, 0.05) is 37.3 Å². The van der Waals surface area contributed by atoms with Crippen molar-refractivity contribution in [2.75, 3.05) is 26.7 Å². The number of aromatic amines is 1. The molecule has 3 aromatic rings. The van der Waals surface area contributed by atoms with E-state index in [1.807, 2.05) is 30.3 Å². The van der Waals surface area contributed by atoms with Crippen molar-refractivity contribution in [1.29, 1.82) is 0 Å². The van der Waals surface area contributed by atoms with Crippen molar-refractivity contribution in [3.63, 3.8) is 0 Å². The summed E-state index contributed by atoms with van der Waals surface area (Å²) in [6.45, 7) is 3.02. The molecule has 1 aromatic heterocycles. The lowest BCUT2D eigenvalue weighted by Crippen LogP contribution is -2.36. The molecule has 1 unspecified atom stereocenters. The maximum Gasteiger partial charge on any atom is 0.145 e. The third-order valence-corrected chi connectivity index (χ3v) is 7.54. The minimum Gasteiger partial charge on any atom is -0.373 e. The summed E-state index contributed by atoms with van der Waals surface area (Å²) in [6.07, 6.45) is 1.55. The first-order valence-electron chi connectivity index (χ1n) is 9.94. The number of nitrogens with one attached hydrogen (secondary N) is 2. The third kappa shape index (κ3) is 5.28. The van der Waals surface area contributed by atoms with Crippen LogP contribution in [0.15, 0.2) is 46.2 Å². The van der Waals surface area contributed by atoms with Crippen LogP contribution < -0.4 is 5.32 Å². The minimum absolute atomic E-state index is 0.591. The van der Waals surface area contributed by atoms with E-state index >= 15 is 0 Å². The van der Waals surface area contributed by atoms with Gasteiger partial charge >= 0.3 is 0 Å². The predicted molar refractivity (Wildman–Crippen MR) is 127 cm³/mol. The highest BCUT2D eigenvalue weighted by Gasteiger charge is 2.19. The summed E-state index contributed by atoms with van der Waals surface area (Å²) in [4.78, 5) is 7.52. The Balaban J connectivity index is 1.52. The molecule has 2 aromatic carbocycles. The van der Waals surface area contributed by atoms with Gasteiger partial charge in [0.1, 0.15) is 6.23 Å². The first-order chi connectivity index (χ1) is 14.4. The number of halogens is 3. The number of H-pyrrole nitrogens is 1. The van der Waals surface area contributed by atoms with Gasteiger partial charge in [-0.05, 0) is 75.3 Å². The van der Waals surface area contributed by atoms with Crippen molar-refractivity contribution in [2.45, 2.75) is 28.9 Å². The van der Waals surface area contributed by atoms with Gasteiger partial charge in [-0.15, -0.1) is 0 Å². The summed E-state index contributed by atoms with van der Waals surface area (Å²) in [7, 11) is 2.15. The second-order valence-electron chi connectivity index (χ2n) is 7.82. The molecule has 0 saturated carbocycles. The molecule has 1 atom stereocenters. The Hall–Kier alpha value is -0.920. The third-order valence-electron chi connectivity index (χ3n) is 5.53. The molecular weight excluding hydrogens is 461 g/mol. The van der Waals surface area contributed by atoms with Crippen LogP contribution in [0.4, 0.5) is 0 Å². The molecule has 0 bridgehead atoms. The number of likely N-dealkylation sites (tertiary alicyclic amines) is 1. The van der Waals surface area contributed by atoms with Crippen molar-refractivity contribution in [2.24, 2.45) is 5.92 Å². The van der Waals surface area contributed by atoms with E-state index in [9.17, 15) is 5.11 Å². The smallest absolute Gasteiger partial charge is 0.145 e. The number of aliphatic hydroxyl groups is 1. The van der Waals surface area contributed by atoms with Crippen molar-refractivity contribution in [3.8, 4) is 0 Å². The topological polar surface area (TPSA) is 51.3 Å². The quantitative estimate of drug-likeness (QED) is 0.365. The van der Waals surface area contributed by atoms with Gasteiger partial charge in [-0.25, -0.2) is 0 Å². The van der Waals surface area contributed by atoms with Gasteiger partial charge in [-0.1, -0.05) is 46.6 Å². The Morgan fingerprint density at radius 2 is 1.87 bits per heavy atom. The van der Waals surface area contributed by atoms with Gasteiger partial charge in [-0.3, -0.25) is 5.32 Å². The average molecular weight is 485 g/mol. The normalized spacial score (nSPS) is 17.0. The Morgan fingerprint density at radius 1 is 1.10 bits per heavy atom. The van der Waals surface area contributed by atoms with E-state index in [1.165, 1.54) is 11.8 Å². The standard InChI is InChI=1S/C22H24Cl3N3OS/c1-28-6-4-13(5-7-28)12-26-22(29)19-11-16-18(27-19)9-15(24)10-21(16)30-20-3-2-14(23)8-17(20)25/h2-3,8-11,13,22,26-27,29H,4-7,12H2,1H3. The summed E-state index contributed by atoms with van der Waals surface area (Å²) in [5.74, 6) is 0.591. The first-order valence-corrected chi connectivity index (χ1v) is 11.9. The second kappa shape index (κ2) is 9.70. The number of rotatable bonds is 6. The zero-order valence-electron chi connectivity index (χ0n) is 16.6. The van der Waals surface area contributed by atoms with Crippen LogP contribution in [0.2, 0.25) is 15.1 Å². The molecule has 30 heavy (non-hydrogen) atoms. The molecular formula is C22H24Cl3N3OS. The molecule has 2 heterocycles. The average Bonchev–Trinajstić information content (AvgIpc) is 3.13. The zero-order chi connectivity index (χ0) is 21.3. The van der Waals surface area contributed by atoms with Crippen LogP contribution in [0.25, 0.3) is 10.9 Å². The highest BCUT2D eigenvalue weighted by atomic mass is 35.5. The minimum atomic E-state index is -0.757. The molecule has 4 nitrogen and oxygen atoms in total. The molecule has 3 N–H and O–H groups in total. The summed E-state index contributed by atoms with van der Waals surface area (Å²) >= 11 is 20.2. The molecule has 1 aliphatic rings. The molecule has 8 heteroatoms. The molecule has 0 aliphatic carbocycles. The number of aliphatic hydroxyl groups excluding tert-OH is 1. The van der Waals surface area contributed by atoms with E-state index < -0.39 is 6.23 Å². The number of hydrogen-bond donors (Lipinski definition) is 3. The van der Waals surface area contributed by atoms with Crippen LogP contribution in [0, 0.1) is 5.92 Å². The Labute approximate surface area is 195 Å². The number of fused-ring (bicyclic) bond motifs is 1. The van der Waals surface area contributed by atoms with Gasteiger partial charge < -0.3 is 15.0 Å². The second-order valence-corrected chi connectivity index (χ2v) is 10.2. The van der Waals surface area contributed by atoms with E-state index in [4.69, 9.17) is 34.8 Å². The number of piperidine rings is 1. The molecule has 0 amide bonds. The monoisotopic (exact) mass is 483 g/mol. The lowest BCUT2D eigenvalue weighted by molar-refractivity contribution is 0.119.